The molecule has 0 fully saturated rings. The standard InChI is InChI=1S/C12H17F3Si/c1-4-16(5-2,6-3)12-10(14)7-9(13)8-11(12)15/h7-8H,4-6H2,1-3H3. The summed E-state index contributed by atoms with van der Waals surface area (Å²) in [6.07, 6.45) is 0. The molecule has 0 saturated carbocycles. The zero-order valence-corrected chi connectivity index (χ0v) is 10.9. The van der Waals surface area contributed by atoms with E-state index >= 15 is 0 Å². The molecule has 0 radical (unpaired) electrons. The fraction of sp³-hybridized carbons (Fsp3) is 0.500. The molecule has 1 aromatic rings. The molecule has 4 heteroatoms. The van der Waals surface area contributed by atoms with Gasteiger partial charge in [0.2, 0.25) is 0 Å². The molecule has 0 N–H and O–H groups in total. The van der Waals surface area contributed by atoms with Crippen LogP contribution in [-0.4, -0.2) is 8.07 Å². The van der Waals surface area contributed by atoms with Gasteiger partial charge in [0.25, 0.3) is 0 Å². The molecule has 0 aromatic heterocycles. The highest BCUT2D eigenvalue weighted by Crippen LogP contribution is 2.23. The fourth-order valence-corrected chi connectivity index (χ4v) is 6.05. The summed E-state index contributed by atoms with van der Waals surface area (Å²) < 4.78 is 40.3. The van der Waals surface area contributed by atoms with Crippen molar-refractivity contribution >= 4 is 13.3 Å². The van der Waals surface area contributed by atoms with Gasteiger partial charge in [-0.15, -0.1) is 0 Å². The zero-order chi connectivity index (χ0) is 12.3. The third kappa shape index (κ3) is 2.16. The normalized spacial score (nSPS) is 11.9. The first-order chi connectivity index (χ1) is 7.50. The first kappa shape index (κ1) is 13.3. The van der Waals surface area contributed by atoms with Gasteiger partial charge in [-0.2, -0.15) is 0 Å². The van der Waals surface area contributed by atoms with Gasteiger partial charge in [0.15, 0.2) is 0 Å². The second-order valence-corrected chi connectivity index (χ2v) is 9.27. The number of rotatable bonds is 4. The van der Waals surface area contributed by atoms with E-state index in [9.17, 15) is 13.2 Å². The topological polar surface area (TPSA) is 0 Å². The van der Waals surface area contributed by atoms with E-state index in [1.54, 1.807) is 0 Å². The van der Waals surface area contributed by atoms with Gasteiger partial charge < -0.3 is 0 Å². The van der Waals surface area contributed by atoms with Crippen molar-refractivity contribution in [3.05, 3.63) is 29.6 Å². The van der Waals surface area contributed by atoms with E-state index in [0.29, 0.717) is 0 Å². The van der Waals surface area contributed by atoms with Gasteiger partial charge in [0.1, 0.15) is 17.5 Å². The molecule has 0 atom stereocenters. The summed E-state index contributed by atoms with van der Waals surface area (Å²) in [5, 5.41) is 0.168. The molecular weight excluding hydrogens is 229 g/mol. The fourth-order valence-electron chi connectivity index (χ4n) is 2.33. The van der Waals surface area contributed by atoms with Gasteiger partial charge in [-0.3, -0.25) is 0 Å². The molecule has 0 saturated heterocycles. The van der Waals surface area contributed by atoms with Crippen LogP contribution in [0.2, 0.25) is 18.1 Å². The SMILES string of the molecule is CC[Si](CC)(CC)c1c(F)cc(F)cc1F. The van der Waals surface area contributed by atoms with Crippen molar-refractivity contribution in [2.24, 2.45) is 0 Å². The van der Waals surface area contributed by atoms with Crippen molar-refractivity contribution in [1.29, 1.82) is 0 Å². The van der Waals surface area contributed by atoms with Gasteiger partial charge in [0, 0.05) is 17.3 Å². The minimum Gasteiger partial charge on any atom is -0.207 e. The Labute approximate surface area is 95.5 Å². The quantitative estimate of drug-likeness (QED) is 0.708. The molecule has 0 bridgehead atoms. The Morgan fingerprint density at radius 2 is 1.25 bits per heavy atom. The highest BCUT2D eigenvalue weighted by molar-refractivity contribution is 6.91. The van der Waals surface area contributed by atoms with Crippen molar-refractivity contribution < 1.29 is 13.2 Å². The monoisotopic (exact) mass is 246 g/mol. The van der Waals surface area contributed by atoms with Crippen LogP contribution in [0.5, 0.6) is 0 Å². The Kier molecular flexibility index (Phi) is 4.19. The third-order valence-corrected chi connectivity index (χ3v) is 9.17. The molecular formula is C12H17F3Si. The van der Waals surface area contributed by atoms with Crippen LogP contribution in [0.1, 0.15) is 20.8 Å². The van der Waals surface area contributed by atoms with Crippen molar-refractivity contribution in [2.45, 2.75) is 38.9 Å². The number of benzene rings is 1. The van der Waals surface area contributed by atoms with Crippen molar-refractivity contribution in [3.63, 3.8) is 0 Å². The molecule has 0 spiro atoms. The van der Waals surface area contributed by atoms with Crippen LogP contribution in [0, 0.1) is 17.5 Å². The lowest BCUT2D eigenvalue weighted by Gasteiger charge is -2.29. The van der Waals surface area contributed by atoms with E-state index in [1.807, 2.05) is 20.8 Å². The molecule has 0 aliphatic rings. The highest BCUT2D eigenvalue weighted by Gasteiger charge is 2.35. The van der Waals surface area contributed by atoms with E-state index < -0.39 is 25.5 Å². The summed E-state index contributed by atoms with van der Waals surface area (Å²) >= 11 is 0. The van der Waals surface area contributed by atoms with Crippen LogP contribution >= 0.6 is 0 Å². The summed E-state index contributed by atoms with van der Waals surface area (Å²) in [5.74, 6) is -2.27. The van der Waals surface area contributed by atoms with Crippen LogP contribution < -0.4 is 5.19 Å². The van der Waals surface area contributed by atoms with Crippen LogP contribution in [0.15, 0.2) is 12.1 Å². The second kappa shape index (κ2) is 5.04. The van der Waals surface area contributed by atoms with Gasteiger partial charge in [-0.25, -0.2) is 13.2 Å². The largest absolute Gasteiger partial charge is 0.207 e. The van der Waals surface area contributed by atoms with Crippen LogP contribution in [-0.2, 0) is 0 Å². The van der Waals surface area contributed by atoms with Crippen LogP contribution in [0.4, 0.5) is 13.2 Å². The van der Waals surface area contributed by atoms with Crippen molar-refractivity contribution in [2.75, 3.05) is 0 Å². The molecule has 0 aliphatic carbocycles. The summed E-state index contributed by atoms with van der Waals surface area (Å²) in [6, 6.07) is 3.92. The van der Waals surface area contributed by atoms with Crippen LogP contribution in [0.3, 0.4) is 0 Å². The molecule has 0 aliphatic heterocycles. The lowest BCUT2D eigenvalue weighted by atomic mass is 10.3. The predicted octanol–water partition coefficient (Wildman–Crippen LogP) is 3.82. The average molecular weight is 246 g/mol. The maximum Gasteiger partial charge on any atom is 0.129 e. The summed E-state index contributed by atoms with van der Waals surface area (Å²) in [7, 11) is -2.12. The molecule has 16 heavy (non-hydrogen) atoms. The zero-order valence-electron chi connectivity index (χ0n) is 9.91. The van der Waals surface area contributed by atoms with E-state index in [0.717, 1.165) is 30.3 Å². The maximum atomic E-state index is 13.7. The first-order valence-corrected chi connectivity index (χ1v) is 8.27. The number of hydrogen-bond donors (Lipinski definition) is 0. The summed E-state index contributed by atoms with van der Waals surface area (Å²) in [6.45, 7) is 5.88. The third-order valence-electron chi connectivity index (χ3n) is 3.57. The second-order valence-electron chi connectivity index (χ2n) is 4.09. The smallest absolute Gasteiger partial charge is 0.129 e. The molecule has 1 rings (SSSR count). The molecule has 0 nitrogen and oxygen atoms in total. The molecule has 0 amide bonds. The molecule has 0 heterocycles. The van der Waals surface area contributed by atoms with E-state index in [2.05, 4.69) is 0 Å². The van der Waals surface area contributed by atoms with E-state index in [-0.39, 0.29) is 5.19 Å². The van der Waals surface area contributed by atoms with Crippen molar-refractivity contribution in [1.82, 2.24) is 0 Å². The number of hydrogen-bond acceptors (Lipinski definition) is 0. The molecule has 90 valence electrons. The van der Waals surface area contributed by atoms with Gasteiger partial charge in [-0.05, 0) is 0 Å². The maximum absolute atomic E-state index is 13.7. The van der Waals surface area contributed by atoms with E-state index in [1.165, 1.54) is 0 Å². The van der Waals surface area contributed by atoms with Crippen molar-refractivity contribution in [3.8, 4) is 0 Å². The molecule has 0 unspecified atom stereocenters. The lowest BCUT2D eigenvalue weighted by molar-refractivity contribution is 0.552. The Bertz CT molecular complexity index is 341. The van der Waals surface area contributed by atoms with Gasteiger partial charge in [0.05, 0.1) is 8.07 Å². The Hall–Kier alpha value is -0.773. The van der Waals surface area contributed by atoms with Gasteiger partial charge in [-0.1, -0.05) is 38.9 Å². The minimum atomic E-state index is -2.12. The Morgan fingerprint density at radius 3 is 1.56 bits per heavy atom. The Morgan fingerprint density at radius 1 is 0.875 bits per heavy atom. The predicted molar refractivity (Wildman–Crippen MR) is 63.1 cm³/mol. The summed E-state index contributed by atoms with van der Waals surface area (Å²) in [5.41, 5.74) is 0. The Balaban J connectivity index is 3.40. The lowest BCUT2D eigenvalue weighted by Crippen LogP contribution is -2.49. The highest BCUT2D eigenvalue weighted by atomic mass is 28.3. The minimum absolute atomic E-state index is 0.168. The summed E-state index contributed by atoms with van der Waals surface area (Å²) in [4.78, 5) is 0. The average Bonchev–Trinajstić information content (AvgIpc) is 2.23. The number of halogens is 3. The first-order valence-electron chi connectivity index (χ1n) is 5.65. The van der Waals surface area contributed by atoms with Gasteiger partial charge >= 0.3 is 0 Å². The van der Waals surface area contributed by atoms with Crippen LogP contribution in [0.25, 0.3) is 0 Å². The molecule has 1 aromatic carbocycles. The van der Waals surface area contributed by atoms with E-state index in [4.69, 9.17) is 0 Å².